The van der Waals surface area contributed by atoms with E-state index in [-0.39, 0.29) is 37.0 Å². The first-order valence-corrected chi connectivity index (χ1v) is 12.5. The molecule has 0 bridgehead atoms. The van der Waals surface area contributed by atoms with Crippen LogP contribution in [0.5, 0.6) is 0 Å². The number of halogens is 1. The van der Waals surface area contributed by atoms with Gasteiger partial charge in [0.1, 0.15) is 5.69 Å². The van der Waals surface area contributed by atoms with Gasteiger partial charge in [0, 0.05) is 49.8 Å². The molecule has 34 heavy (non-hydrogen) atoms. The molecular formula is C24H20ClN5O3S. The number of pyridine rings is 1. The van der Waals surface area contributed by atoms with E-state index in [4.69, 9.17) is 11.6 Å². The molecule has 1 fully saturated rings. The van der Waals surface area contributed by atoms with E-state index in [2.05, 4.69) is 15.0 Å². The van der Waals surface area contributed by atoms with Gasteiger partial charge in [0.2, 0.25) is 10.0 Å². The topological polar surface area (TPSA) is 96.4 Å². The van der Waals surface area contributed by atoms with E-state index in [0.29, 0.717) is 22.1 Å². The third-order valence-electron chi connectivity index (χ3n) is 5.73. The molecular weight excluding hydrogens is 474 g/mol. The molecule has 1 aliphatic heterocycles. The summed E-state index contributed by atoms with van der Waals surface area (Å²) in [5.74, 6) is 0.206. The van der Waals surface area contributed by atoms with Crippen molar-refractivity contribution in [3.05, 3.63) is 83.8 Å². The van der Waals surface area contributed by atoms with Crippen molar-refractivity contribution in [2.75, 3.05) is 26.2 Å². The minimum atomic E-state index is -3.68. The quantitative estimate of drug-likeness (QED) is 0.431. The first kappa shape index (κ1) is 22.4. The molecule has 0 unspecified atom stereocenters. The van der Waals surface area contributed by atoms with E-state index < -0.39 is 10.0 Å². The van der Waals surface area contributed by atoms with Crippen molar-refractivity contribution in [3.63, 3.8) is 0 Å². The lowest BCUT2D eigenvalue weighted by Gasteiger charge is -2.34. The van der Waals surface area contributed by atoms with E-state index in [1.54, 1.807) is 59.6 Å². The molecule has 2 aromatic carbocycles. The highest BCUT2D eigenvalue weighted by Gasteiger charge is 2.30. The van der Waals surface area contributed by atoms with E-state index in [0.717, 1.165) is 10.8 Å². The van der Waals surface area contributed by atoms with Crippen LogP contribution in [0.2, 0.25) is 5.02 Å². The van der Waals surface area contributed by atoms with Gasteiger partial charge in [-0.3, -0.25) is 9.78 Å². The number of nitrogens with zero attached hydrogens (tertiary/aromatic N) is 5. The van der Waals surface area contributed by atoms with Crippen LogP contribution in [0.3, 0.4) is 0 Å². The highest BCUT2D eigenvalue weighted by molar-refractivity contribution is 7.89. The Morgan fingerprint density at radius 3 is 2.26 bits per heavy atom. The smallest absolute Gasteiger partial charge is 0.257 e. The number of fused-ring (bicyclic) bond motifs is 1. The van der Waals surface area contributed by atoms with Crippen molar-refractivity contribution in [3.8, 4) is 11.5 Å². The van der Waals surface area contributed by atoms with Gasteiger partial charge in [0.15, 0.2) is 5.82 Å². The van der Waals surface area contributed by atoms with Gasteiger partial charge in [0.25, 0.3) is 5.91 Å². The van der Waals surface area contributed by atoms with Crippen LogP contribution >= 0.6 is 11.6 Å². The van der Waals surface area contributed by atoms with Gasteiger partial charge >= 0.3 is 0 Å². The van der Waals surface area contributed by atoms with Crippen LogP contribution in [0.1, 0.15) is 10.4 Å². The third kappa shape index (κ3) is 4.37. The first-order chi connectivity index (χ1) is 16.4. The molecule has 0 spiro atoms. The van der Waals surface area contributed by atoms with Gasteiger partial charge in [-0.05, 0) is 47.2 Å². The zero-order valence-electron chi connectivity index (χ0n) is 18.0. The van der Waals surface area contributed by atoms with E-state index in [1.807, 2.05) is 6.07 Å². The molecule has 5 rings (SSSR count). The van der Waals surface area contributed by atoms with E-state index in [1.165, 1.54) is 16.7 Å². The number of piperazine rings is 1. The van der Waals surface area contributed by atoms with Crippen molar-refractivity contribution in [2.45, 2.75) is 4.90 Å². The van der Waals surface area contributed by atoms with Gasteiger partial charge < -0.3 is 4.90 Å². The maximum atomic E-state index is 13.2. The van der Waals surface area contributed by atoms with Gasteiger partial charge in [-0.1, -0.05) is 29.8 Å². The number of rotatable bonds is 4. The maximum absolute atomic E-state index is 13.2. The molecule has 0 N–H and O–H groups in total. The molecule has 1 aliphatic rings. The van der Waals surface area contributed by atoms with E-state index >= 15 is 0 Å². The number of amides is 1. The number of carbonyl (C=O) groups excluding carboxylic acids is 1. The lowest BCUT2D eigenvalue weighted by atomic mass is 10.1. The zero-order chi connectivity index (χ0) is 23.7. The summed E-state index contributed by atoms with van der Waals surface area (Å²) in [6, 6.07) is 15.8. The van der Waals surface area contributed by atoms with Crippen LogP contribution < -0.4 is 0 Å². The molecule has 3 heterocycles. The number of benzene rings is 2. The molecule has 1 saturated heterocycles. The number of aromatic nitrogens is 3. The van der Waals surface area contributed by atoms with Gasteiger partial charge in [-0.2, -0.15) is 4.31 Å². The van der Waals surface area contributed by atoms with Crippen LogP contribution in [-0.4, -0.2) is 64.7 Å². The number of hydrogen-bond acceptors (Lipinski definition) is 6. The lowest BCUT2D eigenvalue weighted by Crippen LogP contribution is -2.50. The zero-order valence-corrected chi connectivity index (χ0v) is 19.6. The van der Waals surface area contributed by atoms with Crippen LogP contribution in [0.4, 0.5) is 0 Å². The Balaban J connectivity index is 1.27. The molecule has 10 heteroatoms. The average molecular weight is 494 g/mol. The molecule has 0 radical (unpaired) electrons. The normalized spacial score (nSPS) is 14.9. The molecule has 0 aliphatic carbocycles. The second kappa shape index (κ2) is 9.09. The second-order valence-corrected chi connectivity index (χ2v) is 10.2. The van der Waals surface area contributed by atoms with Gasteiger partial charge in [0.05, 0.1) is 10.5 Å². The Morgan fingerprint density at radius 2 is 1.56 bits per heavy atom. The Labute approximate surface area is 201 Å². The summed E-state index contributed by atoms with van der Waals surface area (Å²) < 4.78 is 27.8. The van der Waals surface area contributed by atoms with E-state index in [9.17, 15) is 13.2 Å². The highest BCUT2D eigenvalue weighted by atomic mass is 35.5. The number of carbonyl (C=O) groups is 1. The first-order valence-electron chi connectivity index (χ1n) is 10.6. The summed E-state index contributed by atoms with van der Waals surface area (Å²) in [5.41, 5.74) is 0.973. The molecule has 0 saturated carbocycles. The average Bonchev–Trinajstić information content (AvgIpc) is 2.88. The number of hydrogen-bond donors (Lipinski definition) is 0. The Hall–Kier alpha value is -3.40. The molecule has 172 valence electrons. The predicted octanol–water partition coefficient (Wildman–Crippen LogP) is 3.49. The molecule has 2 aromatic heterocycles. The second-order valence-electron chi connectivity index (χ2n) is 7.86. The Bertz CT molecular complexity index is 1460. The fraction of sp³-hybridized carbons (Fsp3) is 0.167. The third-order valence-corrected chi connectivity index (χ3v) is 7.86. The fourth-order valence-electron chi connectivity index (χ4n) is 3.88. The summed E-state index contributed by atoms with van der Waals surface area (Å²) in [6.07, 6.45) is 4.60. The SMILES string of the molecule is O=C(c1cnc(-c2ccccn2)nc1)N1CCN(S(=O)(=O)c2ccc3cc(Cl)ccc3c2)CC1. The molecule has 0 atom stereocenters. The van der Waals surface area contributed by atoms with Crippen molar-refractivity contribution in [1.82, 2.24) is 24.2 Å². The standard InChI is InChI=1S/C24H20ClN5O3S/c25-20-6-4-18-14-21(7-5-17(18)13-20)34(32,33)30-11-9-29(10-12-30)24(31)19-15-27-23(28-16-19)22-3-1-2-8-26-22/h1-8,13-16H,9-12H2. The minimum Gasteiger partial charge on any atom is -0.336 e. The van der Waals surface area contributed by atoms with Crippen molar-refractivity contribution in [1.29, 1.82) is 0 Å². The summed E-state index contributed by atoms with van der Waals surface area (Å²) in [4.78, 5) is 27.4. The van der Waals surface area contributed by atoms with Crippen molar-refractivity contribution in [2.24, 2.45) is 0 Å². The van der Waals surface area contributed by atoms with Crippen molar-refractivity contribution >= 4 is 38.3 Å². The highest BCUT2D eigenvalue weighted by Crippen LogP contribution is 2.25. The monoisotopic (exact) mass is 493 g/mol. The Kier molecular flexibility index (Phi) is 5.99. The molecule has 1 amide bonds. The largest absolute Gasteiger partial charge is 0.336 e. The van der Waals surface area contributed by atoms with Gasteiger partial charge in [-0.15, -0.1) is 0 Å². The minimum absolute atomic E-state index is 0.208. The van der Waals surface area contributed by atoms with Gasteiger partial charge in [-0.25, -0.2) is 18.4 Å². The summed E-state index contributed by atoms with van der Waals surface area (Å²) >= 11 is 6.02. The van der Waals surface area contributed by atoms with Crippen LogP contribution in [-0.2, 0) is 10.0 Å². The molecule has 8 nitrogen and oxygen atoms in total. The maximum Gasteiger partial charge on any atom is 0.257 e. The molecule has 4 aromatic rings. The van der Waals surface area contributed by atoms with Crippen molar-refractivity contribution < 1.29 is 13.2 Å². The summed E-state index contributed by atoms with van der Waals surface area (Å²) in [6.45, 7) is 0.978. The van der Waals surface area contributed by atoms with Crippen LogP contribution in [0.25, 0.3) is 22.3 Å². The van der Waals surface area contributed by atoms with Crippen LogP contribution in [0.15, 0.2) is 78.1 Å². The number of sulfonamides is 1. The Morgan fingerprint density at radius 1 is 0.853 bits per heavy atom. The lowest BCUT2D eigenvalue weighted by molar-refractivity contribution is 0.0697. The summed E-state index contributed by atoms with van der Waals surface area (Å²) in [5, 5.41) is 2.27. The van der Waals surface area contributed by atoms with Crippen LogP contribution in [0, 0.1) is 0 Å². The summed E-state index contributed by atoms with van der Waals surface area (Å²) in [7, 11) is -3.68. The predicted molar refractivity (Wildman–Crippen MR) is 129 cm³/mol. The fourth-order valence-corrected chi connectivity index (χ4v) is 5.52.